The van der Waals surface area contributed by atoms with Gasteiger partial charge in [0.2, 0.25) is 0 Å². The summed E-state index contributed by atoms with van der Waals surface area (Å²) in [6.45, 7) is 8.22. The van der Waals surface area contributed by atoms with Crippen molar-refractivity contribution >= 4 is 22.7 Å². The maximum absolute atomic E-state index is 14.2. The van der Waals surface area contributed by atoms with Gasteiger partial charge in [-0.25, -0.2) is 4.98 Å². The highest BCUT2D eigenvalue weighted by Crippen LogP contribution is 2.35. The number of aromatic nitrogens is 4. The molecule has 3 aromatic heterocycles. The Morgan fingerprint density at radius 3 is 2.65 bits per heavy atom. The summed E-state index contributed by atoms with van der Waals surface area (Å²) in [7, 11) is 6.14. The number of nitrogens with one attached hydrogen (secondary N) is 2. The maximum Gasteiger partial charge on any atom is 0.416 e. The minimum absolute atomic E-state index is 0.176. The zero-order valence-electron chi connectivity index (χ0n) is 30.2. The highest BCUT2D eigenvalue weighted by Gasteiger charge is 2.34. The first kappa shape index (κ1) is 36.9. The number of pyridine rings is 1. The fraction of sp³-hybridized carbons (Fsp3) is 0.385. The van der Waals surface area contributed by atoms with Crippen LogP contribution in [-0.2, 0) is 19.3 Å². The number of piperazine rings is 1. The molecule has 13 heteroatoms. The van der Waals surface area contributed by atoms with Crippen molar-refractivity contribution in [2.75, 3.05) is 58.0 Å². The first-order valence-electron chi connectivity index (χ1n) is 17.4. The molecule has 1 aliphatic heterocycles. The summed E-state index contributed by atoms with van der Waals surface area (Å²) < 4.78 is 46.5. The van der Waals surface area contributed by atoms with Crippen LogP contribution >= 0.6 is 0 Å². The monoisotopic (exact) mass is 713 g/mol. The molecule has 274 valence electrons. The van der Waals surface area contributed by atoms with E-state index in [1.54, 1.807) is 30.6 Å². The normalized spacial score (nSPS) is 16.2. The number of benzene rings is 2. The van der Waals surface area contributed by atoms with Gasteiger partial charge < -0.3 is 25.5 Å². The van der Waals surface area contributed by atoms with Crippen molar-refractivity contribution in [3.05, 3.63) is 107 Å². The molecule has 0 spiro atoms. The van der Waals surface area contributed by atoms with E-state index in [0.29, 0.717) is 35.6 Å². The number of aliphatic hydroxyl groups is 1. The molecule has 4 heterocycles. The average molecular weight is 714 g/mol. The van der Waals surface area contributed by atoms with Gasteiger partial charge in [-0.3, -0.25) is 14.0 Å². The van der Waals surface area contributed by atoms with Crippen molar-refractivity contribution in [2.45, 2.75) is 51.8 Å². The molecule has 0 amide bonds. The van der Waals surface area contributed by atoms with Crippen LogP contribution in [0.25, 0.3) is 5.65 Å². The van der Waals surface area contributed by atoms with E-state index in [2.05, 4.69) is 68.3 Å². The number of fused-ring (bicyclic) bond motifs is 1. The lowest BCUT2D eigenvalue weighted by atomic mass is 10.0. The number of alkyl halides is 3. The van der Waals surface area contributed by atoms with Crippen molar-refractivity contribution in [1.29, 1.82) is 0 Å². The fourth-order valence-electron chi connectivity index (χ4n) is 6.35. The highest BCUT2D eigenvalue weighted by atomic mass is 19.4. The summed E-state index contributed by atoms with van der Waals surface area (Å²) in [5, 5.41) is 21.8. The van der Waals surface area contributed by atoms with Crippen molar-refractivity contribution < 1.29 is 18.3 Å². The molecule has 0 saturated carbocycles. The summed E-state index contributed by atoms with van der Waals surface area (Å²) >= 11 is 0. The molecule has 0 aliphatic carbocycles. The van der Waals surface area contributed by atoms with Crippen molar-refractivity contribution in [3.63, 3.8) is 0 Å². The second-order valence-electron chi connectivity index (χ2n) is 13.8. The Labute approximate surface area is 302 Å². The Hall–Kier alpha value is -4.87. The van der Waals surface area contributed by atoms with Gasteiger partial charge in [0.1, 0.15) is 5.69 Å². The van der Waals surface area contributed by atoms with Gasteiger partial charge in [0.15, 0.2) is 11.9 Å². The largest absolute Gasteiger partial charge is 0.416 e. The average Bonchev–Trinajstić information content (AvgIpc) is 3.73. The Morgan fingerprint density at radius 2 is 1.88 bits per heavy atom. The molecule has 6 rings (SSSR count). The van der Waals surface area contributed by atoms with Gasteiger partial charge in [0.25, 0.3) is 0 Å². The first-order valence-corrected chi connectivity index (χ1v) is 17.4. The molecule has 52 heavy (non-hydrogen) atoms. The van der Waals surface area contributed by atoms with E-state index in [1.807, 2.05) is 53.6 Å². The van der Waals surface area contributed by atoms with Gasteiger partial charge in [-0.1, -0.05) is 24.1 Å². The van der Waals surface area contributed by atoms with Crippen LogP contribution < -0.4 is 10.6 Å². The lowest BCUT2D eigenvalue weighted by Gasteiger charge is -2.38. The standard InChI is InChI=1S/C39H46F3N9O/c1-27-9-10-30(38(52)46-32-13-11-31(35(21-32)39(40,41)42)25-49-19-18-48(5)28(2)24-49)20-29(27)12-14-34-23-43-37-36(8-6-17-51(34)37)45-33-22-44-50(26-33)16-7-15-47(3)4/h6,8-11,13,17,20-23,26,28,38,45-46,52H,7,15-16,18-19,24-25H2,1-5H3/t28-,38?/m1/s1. The summed E-state index contributed by atoms with van der Waals surface area (Å²) in [4.78, 5) is 11.0. The predicted octanol–water partition coefficient (Wildman–Crippen LogP) is 6.19. The molecule has 1 unspecified atom stereocenters. The topological polar surface area (TPSA) is 89.1 Å². The lowest BCUT2D eigenvalue weighted by molar-refractivity contribution is -0.138. The van der Waals surface area contributed by atoms with Gasteiger partial charge in [-0.2, -0.15) is 18.3 Å². The van der Waals surface area contributed by atoms with Crippen LogP contribution in [0.4, 0.5) is 30.2 Å². The van der Waals surface area contributed by atoms with Crippen molar-refractivity contribution in [2.24, 2.45) is 0 Å². The molecule has 0 radical (unpaired) electrons. The minimum Gasteiger partial charge on any atom is -0.369 e. The number of nitrogens with zero attached hydrogens (tertiary/aromatic N) is 7. The molecular formula is C39H46F3N9O. The molecule has 5 aromatic rings. The van der Waals surface area contributed by atoms with E-state index in [9.17, 15) is 18.3 Å². The number of likely N-dealkylation sites (N-methyl/N-ethyl adjacent to an activating group) is 1. The zero-order valence-corrected chi connectivity index (χ0v) is 30.2. The number of hydrogen-bond donors (Lipinski definition) is 3. The molecular weight excluding hydrogens is 667 g/mol. The first-order chi connectivity index (χ1) is 24.8. The van der Waals surface area contributed by atoms with Crippen LogP contribution in [0.15, 0.2) is 73.3 Å². The van der Waals surface area contributed by atoms with Crippen molar-refractivity contribution in [3.8, 4) is 11.8 Å². The van der Waals surface area contributed by atoms with Crippen LogP contribution in [-0.4, -0.2) is 92.3 Å². The third-order valence-corrected chi connectivity index (χ3v) is 9.50. The number of aliphatic hydroxyl groups excluding tert-OH is 1. The number of anilines is 3. The molecule has 0 bridgehead atoms. The SMILES string of the molecule is Cc1ccc(C(O)Nc2ccc(CN3CCN(C)[C@H](C)C3)c(C(F)(F)F)c2)cc1C#Cc1cnc2c(Nc3cnn(CCCN(C)C)c3)cccn12. The number of aryl methyl sites for hydroxylation is 2. The third kappa shape index (κ3) is 8.94. The number of rotatable bonds is 11. The lowest BCUT2D eigenvalue weighted by Crippen LogP contribution is -2.49. The molecule has 2 aromatic carbocycles. The van der Waals surface area contributed by atoms with Crippen molar-refractivity contribution in [1.82, 2.24) is 33.9 Å². The minimum atomic E-state index is -4.54. The summed E-state index contributed by atoms with van der Waals surface area (Å²) in [5.41, 5.74) is 4.79. The smallest absolute Gasteiger partial charge is 0.369 e. The van der Waals surface area contributed by atoms with Gasteiger partial charge in [0, 0.05) is 68.0 Å². The summed E-state index contributed by atoms with van der Waals surface area (Å²) in [6, 6.07) is 13.6. The summed E-state index contributed by atoms with van der Waals surface area (Å²) in [6.07, 6.45) is 2.58. The molecule has 1 aliphatic rings. The van der Waals surface area contributed by atoms with Crippen LogP contribution in [0.3, 0.4) is 0 Å². The maximum atomic E-state index is 14.2. The molecule has 1 saturated heterocycles. The Morgan fingerprint density at radius 1 is 1.06 bits per heavy atom. The van der Waals surface area contributed by atoms with E-state index >= 15 is 0 Å². The quantitative estimate of drug-likeness (QED) is 0.110. The zero-order chi connectivity index (χ0) is 37.0. The van der Waals surface area contributed by atoms with Crippen LogP contribution in [0.5, 0.6) is 0 Å². The van der Waals surface area contributed by atoms with Gasteiger partial charge in [-0.05, 0) is 95.3 Å². The molecule has 10 nitrogen and oxygen atoms in total. The molecule has 1 fully saturated rings. The van der Waals surface area contributed by atoms with E-state index in [0.717, 1.165) is 49.1 Å². The second kappa shape index (κ2) is 15.8. The van der Waals surface area contributed by atoms with E-state index < -0.39 is 18.0 Å². The van der Waals surface area contributed by atoms with Crippen LogP contribution in [0.2, 0.25) is 0 Å². The Balaban J connectivity index is 1.16. The highest BCUT2D eigenvalue weighted by molar-refractivity contribution is 5.74. The number of hydrogen-bond acceptors (Lipinski definition) is 8. The van der Waals surface area contributed by atoms with E-state index in [-0.39, 0.29) is 23.8 Å². The van der Waals surface area contributed by atoms with E-state index in [4.69, 9.17) is 0 Å². The third-order valence-electron chi connectivity index (χ3n) is 9.50. The van der Waals surface area contributed by atoms with Gasteiger partial charge in [0.05, 0.1) is 29.3 Å². The van der Waals surface area contributed by atoms with Crippen LogP contribution in [0.1, 0.15) is 53.1 Å². The predicted molar refractivity (Wildman–Crippen MR) is 198 cm³/mol. The number of halogens is 3. The summed E-state index contributed by atoms with van der Waals surface area (Å²) in [5.74, 6) is 6.41. The fourth-order valence-corrected chi connectivity index (χ4v) is 6.35. The van der Waals surface area contributed by atoms with Gasteiger partial charge >= 0.3 is 6.18 Å². The second-order valence-corrected chi connectivity index (χ2v) is 13.8. The number of imidazole rings is 1. The van der Waals surface area contributed by atoms with Crippen LogP contribution in [0, 0.1) is 18.8 Å². The Kier molecular flexibility index (Phi) is 11.2. The van der Waals surface area contributed by atoms with Gasteiger partial charge in [-0.15, -0.1) is 0 Å². The van der Waals surface area contributed by atoms with E-state index in [1.165, 1.54) is 6.07 Å². The molecule has 3 N–H and O–H groups in total. The Bertz CT molecular complexity index is 2060. The molecule has 2 atom stereocenters.